The topological polar surface area (TPSA) is 157 Å². The smallest absolute Gasteiger partial charge is 0.324 e. The van der Waals surface area contributed by atoms with Gasteiger partial charge >= 0.3 is 6.03 Å². The summed E-state index contributed by atoms with van der Waals surface area (Å²) in [5.74, 6) is 1.05. The number of benzene rings is 2. The van der Waals surface area contributed by atoms with E-state index in [0.29, 0.717) is 66.0 Å². The Bertz CT molecular complexity index is 1630. The summed E-state index contributed by atoms with van der Waals surface area (Å²) in [7, 11) is 0. The minimum atomic E-state index is -0.625. The summed E-state index contributed by atoms with van der Waals surface area (Å²) in [6, 6.07) is 11.1. The van der Waals surface area contributed by atoms with Crippen molar-refractivity contribution in [2.45, 2.75) is 26.2 Å². The van der Waals surface area contributed by atoms with E-state index in [4.69, 9.17) is 31.5 Å². The lowest BCUT2D eigenvalue weighted by molar-refractivity contribution is 0.0322. The second-order valence-corrected chi connectivity index (χ2v) is 11.5. The van der Waals surface area contributed by atoms with E-state index in [1.54, 1.807) is 48.7 Å². The number of amides is 3. The third kappa shape index (κ3) is 7.53. The van der Waals surface area contributed by atoms with Gasteiger partial charge in [0.25, 0.3) is 5.91 Å². The maximum atomic E-state index is 12.6. The van der Waals surface area contributed by atoms with E-state index in [0.717, 1.165) is 18.8 Å². The second kappa shape index (κ2) is 12.9. The van der Waals surface area contributed by atoms with Crippen LogP contribution in [-0.4, -0.2) is 71.5 Å². The number of aromatic nitrogens is 3. The number of nitrogens with zero attached hydrogens (tertiary/aromatic N) is 3. The molecule has 0 atom stereocenters. The summed E-state index contributed by atoms with van der Waals surface area (Å²) in [5, 5.41) is 13.3. The Morgan fingerprint density at radius 3 is 2.58 bits per heavy atom. The van der Waals surface area contributed by atoms with Crippen LogP contribution in [0.3, 0.4) is 0 Å². The Morgan fingerprint density at radius 1 is 1.09 bits per heavy atom. The van der Waals surface area contributed by atoms with Gasteiger partial charge in [-0.1, -0.05) is 32.4 Å². The first kappa shape index (κ1) is 30.1. The van der Waals surface area contributed by atoms with Crippen molar-refractivity contribution in [3.63, 3.8) is 0 Å². The van der Waals surface area contributed by atoms with Crippen LogP contribution in [0.5, 0.6) is 17.2 Å². The molecule has 13 heteroatoms. The molecule has 1 saturated heterocycles. The van der Waals surface area contributed by atoms with Crippen molar-refractivity contribution < 1.29 is 23.8 Å². The first-order chi connectivity index (χ1) is 20.6. The predicted molar refractivity (Wildman–Crippen MR) is 164 cm³/mol. The molecular weight excluding hydrogens is 574 g/mol. The summed E-state index contributed by atoms with van der Waals surface area (Å²) >= 11 is 6.47. The Balaban J connectivity index is 1.27. The molecule has 0 aliphatic carbocycles. The van der Waals surface area contributed by atoms with Gasteiger partial charge in [0.2, 0.25) is 0 Å². The van der Waals surface area contributed by atoms with Crippen molar-refractivity contribution in [1.29, 1.82) is 0 Å². The SMILES string of the molecule is CC(C)(C)c1cc(NC(=O)Nc2ccc(Oc3ccnc4cc(OCCN5CCOCC5)c(C(N)=O)cc34)cc2Cl)[nH]n1. The Hall–Kier alpha value is -4.39. The summed E-state index contributed by atoms with van der Waals surface area (Å²) in [6.07, 6.45) is 1.60. The van der Waals surface area contributed by atoms with Gasteiger partial charge in [-0.05, 0) is 24.3 Å². The highest BCUT2D eigenvalue weighted by atomic mass is 35.5. The average Bonchev–Trinajstić information content (AvgIpc) is 3.44. The largest absolute Gasteiger partial charge is 0.491 e. The Labute approximate surface area is 253 Å². The van der Waals surface area contributed by atoms with Crippen LogP contribution < -0.4 is 25.8 Å². The normalized spacial score (nSPS) is 14.0. The molecule has 43 heavy (non-hydrogen) atoms. The number of aromatic amines is 1. The molecule has 0 radical (unpaired) electrons. The zero-order chi connectivity index (χ0) is 30.6. The molecule has 3 heterocycles. The first-order valence-electron chi connectivity index (χ1n) is 13.8. The highest BCUT2D eigenvalue weighted by Gasteiger charge is 2.19. The molecule has 5 N–H and O–H groups in total. The van der Waals surface area contributed by atoms with Crippen molar-refractivity contribution in [2.75, 3.05) is 50.1 Å². The van der Waals surface area contributed by atoms with E-state index in [-0.39, 0.29) is 16.0 Å². The summed E-state index contributed by atoms with van der Waals surface area (Å²) < 4.78 is 17.5. The number of nitrogens with one attached hydrogen (secondary N) is 3. The highest BCUT2D eigenvalue weighted by Crippen LogP contribution is 2.35. The number of ether oxygens (including phenoxy) is 3. The van der Waals surface area contributed by atoms with Gasteiger partial charge in [-0.3, -0.25) is 25.1 Å². The maximum absolute atomic E-state index is 12.6. The number of primary amides is 1. The van der Waals surface area contributed by atoms with Gasteiger partial charge in [-0.25, -0.2) is 4.79 Å². The zero-order valence-corrected chi connectivity index (χ0v) is 25.0. The van der Waals surface area contributed by atoms with Gasteiger partial charge in [0.1, 0.15) is 29.7 Å². The van der Waals surface area contributed by atoms with E-state index in [2.05, 4.69) is 30.7 Å². The molecule has 0 bridgehead atoms. The molecule has 1 fully saturated rings. The van der Waals surface area contributed by atoms with Crippen LogP contribution in [0.15, 0.2) is 48.7 Å². The van der Waals surface area contributed by atoms with Gasteiger partial charge in [-0.2, -0.15) is 5.10 Å². The molecule has 0 saturated carbocycles. The average molecular weight is 608 g/mol. The first-order valence-corrected chi connectivity index (χ1v) is 14.2. The minimum absolute atomic E-state index is 0.160. The fraction of sp³-hybridized carbons (Fsp3) is 0.333. The van der Waals surface area contributed by atoms with Crippen LogP contribution in [0.25, 0.3) is 10.9 Å². The molecule has 1 aliphatic heterocycles. The zero-order valence-electron chi connectivity index (χ0n) is 24.2. The number of pyridine rings is 1. The van der Waals surface area contributed by atoms with Crippen LogP contribution >= 0.6 is 11.6 Å². The number of H-pyrrole nitrogens is 1. The number of anilines is 2. The van der Waals surface area contributed by atoms with E-state index < -0.39 is 11.9 Å². The summed E-state index contributed by atoms with van der Waals surface area (Å²) in [6.45, 7) is 10.2. The lowest BCUT2D eigenvalue weighted by atomic mass is 9.92. The predicted octanol–water partition coefficient (Wildman–Crippen LogP) is 5.16. The van der Waals surface area contributed by atoms with Crippen LogP contribution in [0, 0.1) is 0 Å². The van der Waals surface area contributed by atoms with Gasteiger partial charge in [-0.15, -0.1) is 0 Å². The van der Waals surface area contributed by atoms with E-state index in [1.807, 2.05) is 20.8 Å². The third-order valence-electron chi connectivity index (χ3n) is 6.85. The van der Waals surface area contributed by atoms with Crippen LogP contribution in [0.1, 0.15) is 36.8 Å². The Morgan fingerprint density at radius 2 is 1.88 bits per heavy atom. The molecule has 3 amide bonds. The molecule has 5 rings (SSSR count). The third-order valence-corrected chi connectivity index (χ3v) is 7.16. The number of carbonyl (C=O) groups excluding carboxylic acids is 2. The van der Waals surface area contributed by atoms with Crippen LogP contribution in [-0.2, 0) is 10.2 Å². The molecule has 4 aromatic rings. The van der Waals surface area contributed by atoms with Crippen molar-refractivity contribution in [3.05, 3.63) is 64.9 Å². The highest BCUT2D eigenvalue weighted by molar-refractivity contribution is 6.34. The number of hydrogen-bond donors (Lipinski definition) is 4. The summed E-state index contributed by atoms with van der Waals surface area (Å²) in [4.78, 5) is 31.5. The van der Waals surface area contributed by atoms with Gasteiger partial charge < -0.3 is 25.3 Å². The van der Waals surface area contributed by atoms with E-state index in [9.17, 15) is 9.59 Å². The monoisotopic (exact) mass is 607 g/mol. The molecular formula is C30H34ClN7O5. The molecule has 0 spiro atoms. The fourth-order valence-corrected chi connectivity index (χ4v) is 4.71. The van der Waals surface area contributed by atoms with Crippen molar-refractivity contribution in [1.82, 2.24) is 20.1 Å². The number of halogens is 1. The van der Waals surface area contributed by atoms with Crippen LogP contribution in [0.2, 0.25) is 5.02 Å². The van der Waals surface area contributed by atoms with Crippen molar-refractivity contribution >= 4 is 45.9 Å². The maximum Gasteiger partial charge on any atom is 0.324 e. The van der Waals surface area contributed by atoms with Crippen LogP contribution in [0.4, 0.5) is 16.3 Å². The van der Waals surface area contributed by atoms with Gasteiger partial charge in [0, 0.05) is 54.8 Å². The Kier molecular flexibility index (Phi) is 9.00. The molecule has 226 valence electrons. The fourth-order valence-electron chi connectivity index (χ4n) is 4.49. The van der Waals surface area contributed by atoms with Gasteiger partial charge in [0.05, 0.1) is 40.7 Å². The molecule has 12 nitrogen and oxygen atoms in total. The van der Waals surface area contributed by atoms with E-state index in [1.165, 1.54) is 0 Å². The number of urea groups is 1. The summed E-state index contributed by atoms with van der Waals surface area (Å²) in [5.41, 5.74) is 7.54. The van der Waals surface area contributed by atoms with Gasteiger partial charge in [0.15, 0.2) is 0 Å². The number of hydrogen-bond acceptors (Lipinski definition) is 8. The number of rotatable bonds is 9. The molecule has 1 aliphatic rings. The quantitative estimate of drug-likeness (QED) is 0.203. The van der Waals surface area contributed by atoms with Crippen molar-refractivity contribution in [3.8, 4) is 17.2 Å². The van der Waals surface area contributed by atoms with E-state index >= 15 is 0 Å². The minimum Gasteiger partial charge on any atom is -0.491 e. The lowest BCUT2D eigenvalue weighted by Crippen LogP contribution is -2.38. The lowest BCUT2D eigenvalue weighted by Gasteiger charge is -2.26. The second-order valence-electron chi connectivity index (χ2n) is 11.1. The number of fused-ring (bicyclic) bond motifs is 1. The number of morpholine rings is 1. The number of nitrogens with two attached hydrogens (primary N) is 1. The molecule has 2 aromatic carbocycles. The molecule has 0 unspecified atom stereocenters. The standard InChI is InChI=1S/C30H34ClN7O5/c1-30(2,3)26-17-27(37-36-26)35-29(40)34-22-5-4-18(14-21(22)31)43-24-6-7-33-23-16-25(20(28(32)39)15-19(23)24)42-13-10-38-8-11-41-12-9-38/h4-7,14-17H,8-13H2,1-3H3,(H2,32,39)(H3,34,35,36,37,40). The van der Waals surface area contributed by atoms with Crippen molar-refractivity contribution in [2.24, 2.45) is 5.73 Å². The number of carbonyl (C=O) groups is 2. The molecule has 2 aromatic heterocycles.